The molecule has 0 bridgehead atoms. The Morgan fingerprint density at radius 1 is 1.29 bits per heavy atom. The molecule has 28 heavy (non-hydrogen) atoms. The molecule has 6 heteroatoms. The zero-order valence-electron chi connectivity index (χ0n) is 16.7. The van der Waals surface area contributed by atoms with Crippen LogP contribution < -0.4 is 0 Å². The van der Waals surface area contributed by atoms with Gasteiger partial charge in [-0.15, -0.1) is 10.2 Å². The standard InChI is InChI=1S/C22H27BN4O/c1-15-25-26-21(17-10-18(11-17)28-13-16-6-4-3-5-7-16)27(15)20-12-23(14-24)19-8-9-22(19,20)2/h3-7,17-20H,8-13H2,1-2H3. The summed E-state index contributed by atoms with van der Waals surface area (Å²) < 4.78 is 8.48. The Kier molecular flexibility index (Phi) is 4.32. The summed E-state index contributed by atoms with van der Waals surface area (Å²) in [5, 5.41) is 18.6. The highest BCUT2D eigenvalue weighted by Gasteiger charge is 2.60. The number of nitriles is 1. The molecular weight excluding hydrogens is 347 g/mol. The van der Waals surface area contributed by atoms with E-state index in [2.05, 4.69) is 58.8 Å². The summed E-state index contributed by atoms with van der Waals surface area (Å²) in [7, 11) is 0. The Bertz CT molecular complexity index is 901. The second-order valence-electron chi connectivity index (χ2n) is 9.20. The van der Waals surface area contributed by atoms with Gasteiger partial charge in [-0.3, -0.25) is 0 Å². The molecule has 2 aliphatic carbocycles. The number of ether oxygens (including phenoxy) is 1. The number of aromatic nitrogens is 3. The highest BCUT2D eigenvalue weighted by atomic mass is 16.5. The Hall–Kier alpha value is -2.13. The number of aryl methyl sites for hydroxylation is 1. The Morgan fingerprint density at radius 3 is 2.71 bits per heavy atom. The van der Waals surface area contributed by atoms with Gasteiger partial charge in [0.1, 0.15) is 11.6 Å². The van der Waals surface area contributed by atoms with Gasteiger partial charge in [0.25, 0.3) is 6.71 Å². The molecule has 0 N–H and O–H groups in total. The minimum absolute atomic E-state index is 0.182. The molecule has 1 aromatic heterocycles. The van der Waals surface area contributed by atoms with Crippen LogP contribution in [0.5, 0.6) is 0 Å². The first kappa shape index (κ1) is 17.9. The number of rotatable bonds is 5. The van der Waals surface area contributed by atoms with Gasteiger partial charge in [0.15, 0.2) is 0 Å². The van der Waals surface area contributed by atoms with E-state index in [4.69, 9.17) is 4.74 Å². The Morgan fingerprint density at radius 2 is 2.07 bits per heavy atom. The predicted molar refractivity (Wildman–Crippen MR) is 108 cm³/mol. The second-order valence-corrected chi connectivity index (χ2v) is 9.20. The first-order valence-corrected chi connectivity index (χ1v) is 10.6. The first-order valence-electron chi connectivity index (χ1n) is 10.6. The molecule has 3 fully saturated rings. The van der Waals surface area contributed by atoms with Gasteiger partial charge in [-0.25, -0.2) is 5.26 Å². The summed E-state index contributed by atoms with van der Waals surface area (Å²) in [6, 6.07) is 10.7. The van der Waals surface area contributed by atoms with E-state index >= 15 is 0 Å². The normalized spacial score (nSPS) is 33.7. The first-order chi connectivity index (χ1) is 13.6. The number of benzene rings is 1. The van der Waals surface area contributed by atoms with Gasteiger partial charge in [0, 0.05) is 17.9 Å². The fourth-order valence-corrected chi connectivity index (χ4v) is 5.81. The van der Waals surface area contributed by atoms with Crippen molar-refractivity contribution in [3.8, 4) is 5.97 Å². The van der Waals surface area contributed by atoms with Crippen LogP contribution >= 0.6 is 0 Å². The van der Waals surface area contributed by atoms with E-state index < -0.39 is 0 Å². The van der Waals surface area contributed by atoms with Crippen LogP contribution in [0.15, 0.2) is 30.3 Å². The van der Waals surface area contributed by atoms with Crippen LogP contribution in [0.25, 0.3) is 0 Å². The highest BCUT2D eigenvalue weighted by molar-refractivity contribution is 6.69. The average Bonchev–Trinajstić information content (AvgIpc) is 3.11. The molecule has 3 atom stereocenters. The van der Waals surface area contributed by atoms with Gasteiger partial charge < -0.3 is 9.30 Å². The van der Waals surface area contributed by atoms with Gasteiger partial charge in [-0.2, -0.15) is 0 Å². The summed E-state index contributed by atoms with van der Waals surface area (Å²) >= 11 is 0. The molecule has 3 aliphatic rings. The van der Waals surface area contributed by atoms with Crippen molar-refractivity contribution in [2.75, 3.05) is 0 Å². The maximum absolute atomic E-state index is 9.60. The fourth-order valence-electron chi connectivity index (χ4n) is 5.81. The van der Waals surface area contributed by atoms with E-state index in [1.165, 1.54) is 18.4 Å². The van der Waals surface area contributed by atoms with Crippen LogP contribution in [0.2, 0.25) is 12.1 Å². The molecule has 0 radical (unpaired) electrons. The smallest absolute Gasteiger partial charge is 0.273 e. The lowest BCUT2D eigenvalue weighted by atomic mass is 9.36. The maximum Gasteiger partial charge on any atom is 0.273 e. The molecule has 1 saturated heterocycles. The monoisotopic (exact) mass is 374 g/mol. The van der Waals surface area contributed by atoms with Crippen molar-refractivity contribution < 1.29 is 4.74 Å². The number of hydrogen-bond donors (Lipinski definition) is 0. The topological polar surface area (TPSA) is 63.7 Å². The van der Waals surface area contributed by atoms with Crippen molar-refractivity contribution in [3.05, 3.63) is 47.5 Å². The third-order valence-corrected chi connectivity index (χ3v) is 7.72. The van der Waals surface area contributed by atoms with Gasteiger partial charge in [0.05, 0.1) is 12.7 Å². The molecule has 2 heterocycles. The maximum atomic E-state index is 9.60. The van der Waals surface area contributed by atoms with Crippen LogP contribution in [0.4, 0.5) is 0 Å². The van der Waals surface area contributed by atoms with Gasteiger partial charge >= 0.3 is 0 Å². The van der Waals surface area contributed by atoms with Crippen LogP contribution in [0.1, 0.15) is 61.8 Å². The molecule has 2 saturated carbocycles. The molecule has 5 nitrogen and oxygen atoms in total. The zero-order valence-corrected chi connectivity index (χ0v) is 16.7. The van der Waals surface area contributed by atoms with E-state index in [0.29, 0.717) is 30.5 Å². The van der Waals surface area contributed by atoms with Crippen LogP contribution in [-0.4, -0.2) is 27.6 Å². The van der Waals surface area contributed by atoms with Crippen molar-refractivity contribution in [2.24, 2.45) is 5.41 Å². The van der Waals surface area contributed by atoms with E-state index in [0.717, 1.165) is 30.8 Å². The Labute approximate surface area is 167 Å². The molecule has 1 aromatic carbocycles. The lowest BCUT2D eigenvalue weighted by molar-refractivity contribution is -0.0239. The minimum Gasteiger partial charge on any atom is -0.373 e. The summed E-state index contributed by atoms with van der Waals surface area (Å²) in [6.07, 6.45) is 5.69. The average molecular weight is 374 g/mol. The van der Waals surface area contributed by atoms with Crippen molar-refractivity contribution in [1.29, 1.82) is 5.26 Å². The van der Waals surface area contributed by atoms with Crippen molar-refractivity contribution in [2.45, 2.75) is 76.3 Å². The third-order valence-electron chi connectivity index (χ3n) is 7.72. The van der Waals surface area contributed by atoms with E-state index in [1.54, 1.807) is 0 Å². The molecule has 5 rings (SSSR count). The summed E-state index contributed by atoms with van der Waals surface area (Å²) in [4.78, 5) is 0. The van der Waals surface area contributed by atoms with Crippen molar-refractivity contribution in [3.63, 3.8) is 0 Å². The fraction of sp³-hybridized carbons (Fsp3) is 0.591. The SMILES string of the molecule is Cc1nnc(C2CC(OCc3ccccc3)C2)n1C1CB(C#N)C2CCC21C. The molecular formula is C22H27BN4O. The molecule has 0 spiro atoms. The van der Waals surface area contributed by atoms with Crippen molar-refractivity contribution >= 4 is 6.71 Å². The van der Waals surface area contributed by atoms with E-state index in [-0.39, 0.29) is 12.1 Å². The predicted octanol–water partition coefficient (Wildman–Crippen LogP) is 4.33. The van der Waals surface area contributed by atoms with Gasteiger partial charge in [0.2, 0.25) is 0 Å². The number of nitrogens with zero attached hydrogens (tertiary/aromatic N) is 4. The molecule has 2 aromatic rings. The minimum atomic E-state index is 0.182. The van der Waals surface area contributed by atoms with Crippen molar-refractivity contribution in [1.82, 2.24) is 14.8 Å². The number of hydrogen-bond acceptors (Lipinski definition) is 4. The zero-order chi connectivity index (χ0) is 19.3. The second kappa shape index (κ2) is 6.74. The largest absolute Gasteiger partial charge is 0.373 e. The molecule has 3 unspecified atom stereocenters. The molecule has 0 amide bonds. The van der Waals surface area contributed by atoms with E-state index in [1.807, 2.05) is 6.07 Å². The Balaban J connectivity index is 1.28. The van der Waals surface area contributed by atoms with Gasteiger partial charge in [-0.1, -0.05) is 43.7 Å². The highest BCUT2D eigenvalue weighted by Crippen LogP contribution is 2.66. The van der Waals surface area contributed by atoms with Gasteiger partial charge in [-0.05, 0) is 49.3 Å². The lowest BCUT2D eigenvalue weighted by Crippen LogP contribution is -2.39. The number of fused-ring (bicyclic) bond motifs is 1. The third kappa shape index (κ3) is 2.71. The summed E-state index contributed by atoms with van der Waals surface area (Å²) in [6.45, 7) is 5.30. The van der Waals surface area contributed by atoms with E-state index in [9.17, 15) is 5.26 Å². The molecule has 1 aliphatic heterocycles. The lowest BCUT2D eigenvalue weighted by Gasteiger charge is -2.48. The quantitative estimate of drug-likeness (QED) is 0.731. The summed E-state index contributed by atoms with van der Waals surface area (Å²) in [5.41, 5.74) is 1.46. The molecule has 144 valence electrons. The van der Waals surface area contributed by atoms with Crippen LogP contribution in [0, 0.1) is 23.6 Å². The van der Waals surface area contributed by atoms with Crippen LogP contribution in [-0.2, 0) is 11.3 Å². The summed E-state index contributed by atoms with van der Waals surface area (Å²) in [5.74, 6) is 5.65. The van der Waals surface area contributed by atoms with Crippen LogP contribution in [0.3, 0.4) is 0 Å².